The van der Waals surface area contributed by atoms with Crippen LogP contribution in [0.25, 0.3) is 0 Å². The van der Waals surface area contributed by atoms with Crippen LogP contribution in [0.15, 0.2) is 22.8 Å². The molecule has 4 aliphatic rings. The van der Waals surface area contributed by atoms with Crippen LogP contribution in [0.3, 0.4) is 0 Å². The van der Waals surface area contributed by atoms with E-state index in [1.54, 1.807) is 16.7 Å². The molecular formula is C32H56O2Si. The Labute approximate surface area is 218 Å². The Morgan fingerprint density at radius 1 is 1.09 bits per heavy atom. The maximum atomic E-state index is 9.42. The van der Waals surface area contributed by atoms with E-state index in [9.17, 15) is 5.11 Å². The predicted octanol–water partition coefficient (Wildman–Crippen LogP) is 9.06. The zero-order chi connectivity index (χ0) is 26.0. The summed E-state index contributed by atoms with van der Waals surface area (Å²) in [6.07, 6.45) is 14.0. The van der Waals surface area contributed by atoms with Gasteiger partial charge in [-0.2, -0.15) is 0 Å². The SMILES string of the molecule is C[C@H](CCCO)[C@H]1CC=C2C3=C(CC[C@@]21C)[C@@]1(C)C(O[Si](C)(C)C(C)(C)C)CCC(C)(C)[C@@H]1CC3. The lowest BCUT2D eigenvalue weighted by atomic mass is 9.46. The van der Waals surface area contributed by atoms with Crippen molar-refractivity contribution in [3.63, 3.8) is 0 Å². The molecule has 1 fully saturated rings. The molecule has 0 aromatic heterocycles. The van der Waals surface area contributed by atoms with Gasteiger partial charge >= 0.3 is 0 Å². The Morgan fingerprint density at radius 2 is 1.77 bits per heavy atom. The summed E-state index contributed by atoms with van der Waals surface area (Å²) in [7, 11) is -1.86. The number of hydrogen-bond donors (Lipinski definition) is 1. The fourth-order valence-corrected chi connectivity index (χ4v) is 10.3. The van der Waals surface area contributed by atoms with Crippen LogP contribution in [0.2, 0.25) is 18.1 Å². The zero-order valence-electron chi connectivity index (χ0n) is 24.8. The number of aliphatic hydroxyl groups is 1. The Bertz CT molecular complexity index is 874. The average molecular weight is 501 g/mol. The van der Waals surface area contributed by atoms with Crippen molar-refractivity contribution in [2.24, 2.45) is 34.0 Å². The second-order valence-electron chi connectivity index (χ2n) is 15.4. The summed E-state index contributed by atoms with van der Waals surface area (Å²) >= 11 is 0. The summed E-state index contributed by atoms with van der Waals surface area (Å²) in [6, 6.07) is 0. The molecule has 0 spiro atoms. The van der Waals surface area contributed by atoms with E-state index in [0.717, 1.165) is 18.8 Å². The minimum atomic E-state index is -1.86. The van der Waals surface area contributed by atoms with Crippen LogP contribution in [0, 0.1) is 34.0 Å². The Kier molecular flexibility index (Phi) is 7.20. The first kappa shape index (κ1) is 27.6. The lowest BCUT2D eigenvalue weighted by Crippen LogP contribution is -2.58. The van der Waals surface area contributed by atoms with E-state index in [2.05, 4.69) is 74.6 Å². The van der Waals surface area contributed by atoms with Crippen molar-refractivity contribution < 1.29 is 9.53 Å². The molecule has 0 aromatic carbocycles. The lowest BCUT2D eigenvalue weighted by Gasteiger charge is -2.62. The Balaban J connectivity index is 1.73. The van der Waals surface area contributed by atoms with Gasteiger partial charge in [-0.3, -0.25) is 0 Å². The molecule has 200 valence electrons. The zero-order valence-corrected chi connectivity index (χ0v) is 25.8. The normalized spacial score (nSPS) is 37.9. The smallest absolute Gasteiger partial charge is 0.192 e. The molecule has 1 N–H and O–H groups in total. The first-order valence-electron chi connectivity index (χ1n) is 14.8. The Hall–Kier alpha value is -0.383. The molecule has 0 aromatic rings. The van der Waals surface area contributed by atoms with E-state index in [0.29, 0.717) is 35.4 Å². The van der Waals surface area contributed by atoms with Crippen LogP contribution < -0.4 is 0 Å². The van der Waals surface area contributed by atoms with Crippen molar-refractivity contribution in [3.05, 3.63) is 22.8 Å². The fraction of sp³-hybridized carbons (Fsp3) is 0.875. The molecule has 0 amide bonds. The maximum Gasteiger partial charge on any atom is 0.192 e. The summed E-state index contributed by atoms with van der Waals surface area (Å²) in [6.45, 7) is 25.2. The second kappa shape index (κ2) is 9.12. The van der Waals surface area contributed by atoms with Gasteiger partial charge in [0.1, 0.15) is 0 Å². The first-order chi connectivity index (χ1) is 16.1. The van der Waals surface area contributed by atoms with Crippen LogP contribution in [0.5, 0.6) is 0 Å². The van der Waals surface area contributed by atoms with Gasteiger partial charge < -0.3 is 9.53 Å². The van der Waals surface area contributed by atoms with Crippen LogP contribution >= 0.6 is 0 Å². The molecule has 4 aliphatic carbocycles. The van der Waals surface area contributed by atoms with Gasteiger partial charge in [-0.05, 0) is 116 Å². The summed E-state index contributed by atoms with van der Waals surface area (Å²) in [5.41, 5.74) is 6.11. The summed E-state index contributed by atoms with van der Waals surface area (Å²) < 4.78 is 7.36. The fourth-order valence-electron chi connectivity index (χ4n) is 8.89. The molecule has 1 unspecified atom stereocenters. The molecule has 1 saturated carbocycles. The second-order valence-corrected chi connectivity index (χ2v) is 20.2. The third-order valence-corrected chi connectivity index (χ3v) is 16.5. The molecule has 2 nitrogen and oxygen atoms in total. The van der Waals surface area contributed by atoms with Crippen molar-refractivity contribution in [3.8, 4) is 0 Å². The Morgan fingerprint density at radius 3 is 2.40 bits per heavy atom. The first-order valence-corrected chi connectivity index (χ1v) is 17.7. The van der Waals surface area contributed by atoms with Crippen molar-refractivity contribution >= 4 is 8.32 Å². The summed E-state index contributed by atoms with van der Waals surface area (Å²) in [4.78, 5) is 0. The molecule has 0 aliphatic heterocycles. The van der Waals surface area contributed by atoms with Gasteiger partial charge in [-0.25, -0.2) is 0 Å². The van der Waals surface area contributed by atoms with Gasteiger partial charge in [0.05, 0.1) is 6.10 Å². The van der Waals surface area contributed by atoms with E-state index in [4.69, 9.17) is 4.43 Å². The predicted molar refractivity (Wildman–Crippen MR) is 152 cm³/mol. The van der Waals surface area contributed by atoms with Gasteiger partial charge in [0.25, 0.3) is 0 Å². The highest BCUT2D eigenvalue weighted by molar-refractivity contribution is 6.74. The quantitative estimate of drug-likeness (QED) is 0.368. The molecule has 0 radical (unpaired) electrons. The van der Waals surface area contributed by atoms with Crippen molar-refractivity contribution in [2.75, 3.05) is 6.61 Å². The van der Waals surface area contributed by atoms with Crippen molar-refractivity contribution in [2.45, 2.75) is 137 Å². The number of fused-ring (bicyclic) bond motifs is 4. The lowest BCUT2D eigenvalue weighted by molar-refractivity contribution is -0.0823. The third-order valence-electron chi connectivity index (χ3n) is 12.1. The van der Waals surface area contributed by atoms with E-state index >= 15 is 0 Å². The van der Waals surface area contributed by atoms with E-state index < -0.39 is 8.32 Å². The molecule has 4 rings (SSSR count). The van der Waals surface area contributed by atoms with Gasteiger partial charge in [0, 0.05) is 12.0 Å². The van der Waals surface area contributed by atoms with Gasteiger partial charge in [-0.1, -0.05) is 67.0 Å². The van der Waals surface area contributed by atoms with E-state index in [-0.39, 0.29) is 10.5 Å². The molecule has 0 bridgehead atoms. The molecule has 6 atom stereocenters. The van der Waals surface area contributed by atoms with Crippen LogP contribution in [-0.4, -0.2) is 26.1 Å². The number of aliphatic hydroxyl groups excluding tert-OH is 1. The number of hydrogen-bond acceptors (Lipinski definition) is 2. The monoisotopic (exact) mass is 500 g/mol. The van der Waals surface area contributed by atoms with Gasteiger partial charge in [0.15, 0.2) is 8.32 Å². The molecule has 0 heterocycles. The molecular weight excluding hydrogens is 444 g/mol. The topological polar surface area (TPSA) is 29.5 Å². The maximum absolute atomic E-state index is 9.42. The minimum absolute atomic E-state index is 0.160. The highest BCUT2D eigenvalue weighted by Crippen LogP contribution is 2.67. The van der Waals surface area contributed by atoms with Crippen molar-refractivity contribution in [1.82, 2.24) is 0 Å². The van der Waals surface area contributed by atoms with Crippen molar-refractivity contribution in [1.29, 1.82) is 0 Å². The summed E-state index contributed by atoms with van der Waals surface area (Å²) in [5, 5.41) is 9.66. The highest BCUT2D eigenvalue weighted by atomic mass is 28.4. The minimum Gasteiger partial charge on any atom is -0.413 e. The van der Waals surface area contributed by atoms with Gasteiger partial charge in [0.2, 0.25) is 0 Å². The highest BCUT2D eigenvalue weighted by Gasteiger charge is 2.60. The molecule has 35 heavy (non-hydrogen) atoms. The van der Waals surface area contributed by atoms with E-state index in [1.165, 1.54) is 44.9 Å². The number of rotatable bonds is 6. The van der Waals surface area contributed by atoms with Crippen LogP contribution in [-0.2, 0) is 4.43 Å². The average Bonchev–Trinajstić information content (AvgIpc) is 3.10. The van der Waals surface area contributed by atoms with Crippen LogP contribution in [0.1, 0.15) is 113 Å². The van der Waals surface area contributed by atoms with E-state index in [1.807, 2.05) is 0 Å². The summed E-state index contributed by atoms with van der Waals surface area (Å²) in [5.74, 6) is 2.12. The largest absolute Gasteiger partial charge is 0.413 e. The van der Waals surface area contributed by atoms with Gasteiger partial charge in [-0.15, -0.1) is 0 Å². The van der Waals surface area contributed by atoms with Crippen LogP contribution in [0.4, 0.5) is 0 Å². The molecule has 3 heteroatoms. The molecule has 0 saturated heterocycles. The number of allylic oxidation sites excluding steroid dienone is 3. The third kappa shape index (κ3) is 4.38. The standard InChI is InChI=1S/C32H56O2Si/c1-22(12-11-21-33)24-14-15-25-23-13-16-27-30(5,6)19-18-28(34-35(9,10)29(2,3)4)32(27,8)26(23)17-20-31(24,25)7/h15,22,24,27-28,33H,11-14,16-21H2,1-10H3/t22-,24-,27+,28?,31-,32-/m1/s1.